The van der Waals surface area contributed by atoms with Crippen LogP contribution in [0.1, 0.15) is 30.1 Å². The molecule has 1 aliphatic rings. The van der Waals surface area contributed by atoms with Crippen LogP contribution in [0.15, 0.2) is 36.4 Å². The minimum Gasteiger partial charge on any atom is -0.494 e. The summed E-state index contributed by atoms with van der Waals surface area (Å²) >= 11 is 0. The summed E-state index contributed by atoms with van der Waals surface area (Å²) in [7, 11) is 0. The normalized spacial score (nSPS) is 18.3. The van der Waals surface area contributed by atoms with E-state index in [1.807, 2.05) is 24.3 Å². The lowest BCUT2D eigenvalue weighted by Gasteiger charge is -2.17. The second-order valence-electron chi connectivity index (χ2n) is 4.92. The molecule has 0 spiro atoms. The van der Waals surface area contributed by atoms with Gasteiger partial charge in [-0.2, -0.15) is 0 Å². The maximum Gasteiger partial charge on any atom is 0.159 e. The number of nitrogens with one attached hydrogen (secondary N) is 1. The number of ketones is 1. The summed E-state index contributed by atoms with van der Waals surface area (Å²) in [6, 6.07) is 7.34. The Hall–Kier alpha value is -1.61. The third-order valence-electron chi connectivity index (χ3n) is 3.33. The van der Waals surface area contributed by atoms with E-state index in [0.717, 1.165) is 43.9 Å². The van der Waals surface area contributed by atoms with E-state index in [4.69, 9.17) is 4.74 Å². The van der Waals surface area contributed by atoms with Gasteiger partial charge in [-0.15, -0.1) is 0 Å². The predicted octanol–water partition coefficient (Wildman–Crippen LogP) is 2.82. The molecule has 1 unspecified atom stereocenters. The first-order chi connectivity index (χ1) is 9.25. The molecule has 2 rings (SSSR count). The second-order valence-corrected chi connectivity index (χ2v) is 4.92. The zero-order valence-electron chi connectivity index (χ0n) is 11.4. The third kappa shape index (κ3) is 4.52. The van der Waals surface area contributed by atoms with E-state index in [2.05, 4.69) is 17.5 Å². The number of carbonyl (C=O) groups excluding carboxylic acids is 1. The highest BCUT2D eigenvalue weighted by Crippen LogP contribution is 2.14. The maximum absolute atomic E-state index is 11.1. The molecule has 3 heteroatoms. The van der Waals surface area contributed by atoms with E-state index in [0.29, 0.717) is 5.92 Å². The highest BCUT2D eigenvalue weighted by atomic mass is 16.5. The molecule has 0 bridgehead atoms. The van der Waals surface area contributed by atoms with E-state index >= 15 is 0 Å². The molecule has 0 saturated carbocycles. The number of carbonyl (C=O) groups is 1. The van der Waals surface area contributed by atoms with Crippen molar-refractivity contribution in [2.75, 3.05) is 19.7 Å². The zero-order chi connectivity index (χ0) is 13.5. The zero-order valence-corrected chi connectivity index (χ0v) is 11.4. The van der Waals surface area contributed by atoms with E-state index < -0.39 is 0 Å². The second kappa shape index (κ2) is 7.10. The monoisotopic (exact) mass is 259 g/mol. The molecular weight excluding hydrogens is 238 g/mol. The number of Topliss-reactive ketones (excluding diaryl/α,β-unsaturated/α-hetero) is 1. The van der Waals surface area contributed by atoms with E-state index in [1.54, 1.807) is 6.92 Å². The standard InChI is InChI=1S/C16H21NO2/c1-13(18)15-6-8-16(9-7-15)19-11-3-5-14-4-2-10-17-12-14/h2,4,6-9,14,17H,3,5,10-12H2,1H3. The fraction of sp³-hybridized carbons (Fsp3) is 0.438. The summed E-state index contributed by atoms with van der Waals surface area (Å²) in [5.41, 5.74) is 0.728. The Balaban J connectivity index is 1.69. The van der Waals surface area contributed by atoms with Gasteiger partial charge in [0.15, 0.2) is 5.78 Å². The van der Waals surface area contributed by atoms with E-state index in [-0.39, 0.29) is 5.78 Å². The molecule has 1 aromatic carbocycles. The number of rotatable bonds is 6. The van der Waals surface area contributed by atoms with Crippen LogP contribution in [-0.2, 0) is 0 Å². The van der Waals surface area contributed by atoms with Gasteiger partial charge in [0.25, 0.3) is 0 Å². The van der Waals surface area contributed by atoms with Crippen LogP contribution in [0.2, 0.25) is 0 Å². The Kier molecular flexibility index (Phi) is 5.16. The molecule has 1 aromatic rings. The largest absolute Gasteiger partial charge is 0.494 e. The van der Waals surface area contributed by atoms with Crippen LogP contribution in [0.25, 0.3) is 0 Å². The topological polar surface area (TPSA) is 38.3 Å². The Morgan fingerprint density at radius 2 is 2.16 bits per heavy atom. The molecule has 1 aliphatic heterocycles. The first kappa shape index (κ1) is 13.8. The molecule has 0 radical (unpaired) electrons. The van der Waals surface area contributed by atoms with Crippen LogP contribution in [-0.4, -0.2) is 25.5 Å². The average molecular weight is 259 g/mol. The van der Waals surface area contributed by atoms with Crippen LogP contribution >= 0.6 is 0 Å². The summed E-state index contributed by atoms with van der Waals surface area (Å²) < 4.78 is 5.68. The van der Waals surface area contributed by atoms with Gasteiger partial charge in [0.2, 0.25) is 0 Å². The number of hydrogen-bond acceptors (Lipinski definition) is 3. The highest BCUT2D eigenvalue weighted by Gasteiger charge is 2.07. The van der Waals surface area contributed by atoms with Gasteiger partial charge >= 0.3 is 0 Å². The first-order valence-corrected chi connectivity index (χ1v) is 6.87. The van der Waals surface area contributed by atoms with Gasteiger partial charge in [0.05, 0.1) is 6.61 Å². The molecule has 0 fully saturated rings. The maximum atomic E-state index is 11.1. The van der Waals surface area contributed by atoms with Crippen molar-refractivity contribution in [1.29, 1.82) is 0 Å². The van der Waals surface area contributed by atoms with Gasteiger partial charge in [-0.1, -0.05) is 12.2 Å². The number of ether oxygens (including phenoxy) is 1. The van der Waals surface area contributed by atoms with Crippen molar-refractivity contribution in [2.45, 2.75) is 19.8 Å². The van der Waals surface area contributed by atoms with E-state index in [9.17, 15) is 4.79 Å². The quantitative estimate of drug-likeness (QED) is 0.485. The fourth-order valence-corrected chi connectivity index (χ4v) is 2.20. The molecule has 1 atom stereocenters. The summed E-state index contributed by atoms with van der Waals surface area (Å²) in [6.45, 7) is 4.37. The van der Waals surface area contributed by atoms with Crippen molar-refractivity contribution in [3.05, 3.63) is 42.0 Å². The SMILES string of the molecule is CC(=O)c1ccc(OCCCC2C=CCNC2)cc1. The molecule has 0 saturated heterocycles. The lowest BCUT2D eigenvalue weighted by atomic mass is 10.0. The van der Waals surface area contributed by atoms with Crippen molar-refractivity contribution in [1.82, 2.24) is 5.32 Å². The Bertz CT molecular complexity index is 437. The number of benzene rings is 1. The molecule has 3 nitrogen and oxygen atoms in total. The summed E-state index contributed by atoms with van der Waals surface area (Å²) in [5, 5.41) is 3.35. The minimum absolute atomic E-state index is 0.0862. The summed E-state index contributed by atoms with van der Waals surface area (Å²) in [6.07, 6.45) is 6.67. The van der Waals surface area contributed by atoms with Crippen LogP contribution in [0.3, 0.4) is 0 Å². The van der Waals surface area contributed by atoms with Gasteiger partial charge in [0, 0.05) is 18.7 Å². The minimum atomic E-state index is 0.0862. The van der Waals surface area contributed by atoms with Gasteiger partial charge in [-0.3, -0.25) is 4.79 Å². The third-order valence-corrected chi connectivity index (χ3v) is 3.33. The van der Waals surface area contributed by atoms with Crippen molar-refractivity contribution < 1.29 is 9.53 Å². The molecule has 102 valence electrons. The van der Waals surface area contributed by atoms with Gasteiger partial charge in [-0.05, 0) is 49.9 Å². The van der Waals surface area contributed by atoms with Gasteiger partial charge in [-0.25, -0.2) is 0 Å². The molecule has 0 amide bonds. The van der Waals surface area contributed by atoms with Crippen LogP contribution in [0.4, 0.5) is 0 Å². The van der Waals surface area contributed by atoms with Crippen LogP contribution in [0, 0.1) is 5.92 Å². The first-order valence-electron chi connectivity index (χ1n) is 6.87. The smallest absolute Gasteiger partial charge is 0.159 e. The van der Waals surface area contributed by atoms with Crippen LogP contribution < -0.4 is 10.1 Å². The number of hydrogen-bond donors (Lipinski definition) is 1. The van der Waals surface area contributed by atoms with Crippen molar-refractivity contribution in [3.63, 3.8) is 0 Å². The summed E-state index contributed by atoms with van der Waals surface area (Å²) in [4.78, 5) is 11.1. The van der Waals surface area contributed by atoms with Gasteiger partial charge < -0.3 is 10.1 Å². The average Bonchev–Trinajstić information content (AvgIpc) is 2.45. The Morgan fingerprint density at radius 3 is 2.79 bits per heavy atom. The Labute approximate surface area is 114 Å². The lowest BCUT2D eigenvalue weighted by Crippen LogP contribution is -2.26. The summed E-state index contributed by atoms with van der Waals surface area (Å²) in [5.74, 6) is 1.56. The van der Waals surface area contributed by atoms with Crippen molar-refractivity contribution in [2.24, 2.45) is 5.92 Å². The van der Waals surface area contributed by atoms with Gasteiger partial charge in [0.1, 0.15) is 5.75 Å². The lowest BCUT2D eigenvalue weighted by molar-refractivity contribution is 0.101. The van der Waals surface area contributed by atoms with Crippen molar-refractivity contribution in [3.8, 4) is 5.75 Å². The van der Waals surface area contributed by atoms with E-state index in [1.165, 1.54) is 0 Å². The highest BCUT2D eigenvalue weighted by molar-refractivity contribution is 5.94. The molecule has 0 aliphatic carbocycles. The molecule has 1 heterocycles. The molecule has 1 N–H and O–H groups in total. The predicted molar refractivity (Wildman–Crippen MR) is 76.7 cm³/mol. The fourth-order valence-electron chi connectivity index (χ4n) is 2.20. The Morgan fingerprint density at radius 1 is 1.37 bits per heavy atom. The molecule has 19 heavy (non-hydrogen) atoms. The molecule has 0 aromatic heterocycles. The molecular formula is C16H21NO2. The van der Waals surface area contributed by atoms with Crippen LogP contribution in [0.5, 0.6) is 5.75 Å². The van der Waals surface area contributed by atoms with Crippen molar-refractivity contribution >= 4 is 5.78 Å².